The Kier molecular flexibility index (Phi) is 7.00. The van der Waals surface area contributed by atoms with E-state index in [0.717, 1.165) is 22.6 Å². The minimum Gasteiger partial charge on any atom is -0.336 e. The number of halogens is 1. The highest BCUT2D eigenvalue weighted by Crippen LogP contribution is 2.23. The van der Waals surface area contributed by atoms with Crippen molar-refractivity contribution in [2.24, 2.45) is 5.92 Å². The van der Waals surface area contributed by atoms with Crippen molar-refractivity contribution < 1.29 is 14.4 Å². The number of aromatic nitrogens is 2. The van der Waals surface area contributed by atoms with Crippen molar-refractivity contribution >= 4 is 52.0 Å². The molecule has 0 unspecified atom stereocenters. The van der Waals surface area contributed by atoms with E-state index >= 15 is 0 Å². The molecular formula is C23H22ClN5O3S. The molecule has 1 aliphatic rings. The summed E-state index contributed by atoms with van der Waals surface area (Å²) < 4.78 is 0. The summed E-state index contributed by atoms with van der Waals surface area (Å²) in [5.74, 6) is -1.21. The third-order valence-corrected chi connectivity index (χ3v) is 6.43. The molecule has 8 nitrogen and oxygen atoms in total. The number of nitrogens with zero attached hydrogens (tertiary/aromatic N) is 3. The fraction of sp³-hybridized carbons (Fsp3) is 0.261. The first-order chi connectivity index (χ1) is 15.9. The maximum absolute atomic E-state index is 13.0. The second-order valence-corrected chi connectivity index (χ2v) is 9.24. The van der Waals surface area contributed by atoms with Gasteiger partial charge < -0.3 is 15.5 Å². The second-order valence-electron chi connectivity index (χ2n) is 7.82. The van der Waals surface area contributed by atoms with E-state index < -0.39 is 5.91 Å². The van der Waals surface area contributed by atoms with Gasteiger partial charge in [-0.3, -0.25) is 14.4 Å². The van der Waals surface area contributed by atoms with Gasteiger partial charge in [0.1, 0.15) is 0 Å². The van der Waals surface area contributed by atoms with Gasteiger partial charge in [0, 0.05) is 29.5 Å². The Bertz CT molecular complexity index is 1180. The van der Waals surface area contributed by atoms with Crippen molar-refractivity contribution in [1.82, 2.24) is 15.1 Å². The SMILES string of the molecule is Cc1cccc(NC(=O)[C@H]2CCCN(C(=O)c3nnc(C(=O)Nc4ccc(Cl)cc4)s3)C2)c1. The number of hydrogen-bond acceptors (Lipinski definition) is 6. The minimum absolute atomic E-state index is 0.0825. The average molecular weight is 484 g/mol. The smallest absolute Gasteiger partial charge is 0.286 e. The molecular weight excluding hydrogens is 462 g/mol. The van der Waals surface area contributed by atoms with Gasteiger partial charge in [0.05, 0.1) is 5.92 Å². The number of carbonyl (C=O) groups is 3. The third kappa shape index (κ3) is 5.74. The molecule has 10 heteroatoms. The zero-order valence-corrected chi connectivity index (χ0v) is 19.4. The van der Waals surface area contributed by atoms with Gasteiger partial charge in [-0.2, -0.15) is 0 Å². The van der Waals surface area contributed by atoms with Crippen molar-refractivity contribution in [1.29, 1.82) is 0 Å². The lowest BCUT2D eigenvalue weighted by atomic mass is 9.97. The molecule has 2 N–H and O–H groups in total. The maximum atomic E-state index is 13.0. The number of aryl methyl sites for hydroxylation is 1. The van der Waals surface area contributed by atoms with Gasteiger partial charge in [0.25, 0.3) is 11.8 Å². The number of hydrogen-bond donors (Lipinski definition) is 2. The van der Waals surface area contributed by atoms with E-state index in [9.17, 15) is 14.4 Å². The summed E-state index contributed by atoms with van der Waals surface area (Å²) in [4.78, 5) is 39.7. The first kappa shape index (κ1) is 22.9. The number of anilines is 2. The minimum atomic E-state index is -0.456. The van der Waals surface area contributed by atoms with E-state index in [1.165, 1.54) is 0 Å². The number of piperidine rings is 1. The van der Waals surface area contributed by atoms with Crippen LogP contribution in [0.4, 0.5) is 11.4 Å². The lowest BCUT2D eigenvalue weighted by Crippen LogP contribution is -2.43. The highest BCUT2D eigenvalue weighted by Gasteiger charge is 2.31. The molecule has 2 heterocycles. The molecule has 1 aromatic heterocycles. The molecule has 0 spiro atoms. The molecule has 0 saturated carbocycles. The van der Waals surface area contributed by atoms with Crippen LogP contribution in [-0.4, -0.2) is 45.9 Å². The van der Waals surface area contributed by atoms with Crippen LogP contribution >= 0.6 is 22.9 Å². The molecule has 33 heavy (non-hydrogen) atoms. The van der Waals surface area contributed by atoms with E-state index in [0.29, 0.717) is 36.6 Å². The molecule has 0 bridgehead atoms. The summed E-state index contributed by atoms with van der Waals surface area (Å²) in [6.07, 6.45) is 1.41. The lowest BCUT2D eigenvalue weighted by molar-refractivity contribution is -0.121. The predicted octanol–water partition coefficient (Wildman–Crippen LogP) is 4.24. The molecule has 1 aliphatic heterocycles. The van der Waals surface area contributed by atoms with Gasteiger partial charge in [-0.25, -0.2) is 0 Å². The van der Waals surface area contributed by atoms with Crippen LogP contribution in [0.15, 0.2) is 48.5 Å². The maximum Gasteiger partial charge on any atom is 0.286 e. The number of nitrogens with one attached hydrogen (secondary N) is 2. The molecule has 170 valence electrons. The Morgan fingerprint density at radius 1 is 1.03 bits per heavy atom. The summed E-state index contributed by atoms with van der Waals surface area (Å²) in [5.41, 5.74) is 2.36. The number of carbonyl (C=O) groups excluding carboxylic acids is 3. The Morgan fingerprint density at radius 3 is 2.55 bits per heavy atom. The second kappa shape index (κ2) is 10.1. The van der Waals surface area contributed by atoms with E-state index in [2.05, 4.69) is 20.8 Å². The van der Waals surface area contributed by atoms with E-state index in [4.69, 9.17) is 11.6 Å². The topological polar surface area (TPSA) is 104 Å². The van der Waals surface area contributed by atoms with Crippen LogP contribution in [0.1, 0.15) is 38.0 Å². The van der Waals surface area contributed by atoms with Gasteiger partial charge in [0.2, 0.25) is 15.9 Å². The van der Waals surface area contributed by atoms with Gasteiger partial charge in [-0.1, -0.05) is 35.1 Å². The van der Waals surface area contributed by atoms with Gasteiger partial charge in [0.15, 0.2) is 0 Å². The standard InChI is InChI=1S/C23H22ClN5O3S/c1-14-4-2-6-18(12-14)26-19(30)15-5-3-11-29(13-15)23(32)22-28-27-21(33-22)20(31)25-17-9-7-16(24)8-10-17/h2,4,6-10,12,15H,3,5,11,13H2,1H3,(H,25,31)(H,26,30)/t15-/m0/s1. The molecule has 1 saturated heterocycles. The van der Waals surface area contributed by atoms with Gasteiger partial charge in [-0.05, 0) is 61.7 Å². The summed E-state index contributed by atoms with van der Waals surface area (Å²) in [6, 6.07) is 14.3. The molecule has 0 radical (unpaired) electrons. The largest absolute Gasteiger partial charge is 0.336 e. The van der Waals surface area contributed by atoms with Crippen LogP contribution in [0, 0.1) is 12.8 Å². The first-order valence-electron chi connectivity index (χ1n) is 10.5. The van der Waals surface area contributed by atoms with Crippen LogP contribution in [0.25, 0.3) is 0 Å². The molecule has 2 aromatic carbocycles. The van der Waals surface area contributed by atoms with Crippen molar-refractivity contribution in [2.45, 2.75) is 19.8 Å². The van der Waals surface area contributed by atoms with E-state index in [-0.39, 0.29) is 27.7 Å². The summed E-state index contributed by atoms with van der Waals surface area (Å²) in [7, 11) is 0. The van der Waals surface area contributed by atoms with Crippen molar-refractivity contribution in [3.05, 3.63) is 69.1 Å². The fourth-order valence-electron chi connectivity index (χ4n) is 3.60. The molecule has 0 aliphatic carbocycles. The number of benzene rings is 2. The molecule has 4 rings (SSSR count). The molecule has 1 atom stereocenters. The summed E-state index contributed by atoms with van der Waals surface area (Å²) >= 11 is 6.78. The average Bonchev–Trinajstić information content (AvgIpc) is 3.31. The normalized spacial score (nSPS) is 15.7. The van der Waals surface area contributed by atoms with Gasteiger partial charge >= 0.3 is 0 Å². The van der Waals surface area contributed by atoms with E-state index in [1.807, 2.05) is 31.2 Å². The van der Waals surface area contributed by atoms with Crippen LogP contribution in [0.5, 0.6) is 0 Å². The Hall–Kier alpha value is -3.30. The van der Waals surface area contributed by atoms with Crippen molar-refractivity contribution in [3.63, 3.8) is 0 Å². The number of amides is 3. The molecule has 1 fully saturated rings. The third-order valence-electron chi connectivity index (χ3n) is 5.27. The summed E-state index contributed by atoms with van der Waals surface area (Å²) in [5, 5.41) is 14.2. The zero-order chi connectivity index (χ0) is 23.4. The van der Waals surface area contributed by atoms with Crippen LogP contribution in [-0.2, 0) is 4.79 Å². The Balaban J connectivity index is 1.37. The first-order valence-corrected chi connectivity index (χ1v) is 11.7. The van der Waals surface area contributed by atoms with E-state index in [1.54, 1.807) is 29.2 Å². The molecule has 3 amide bonds. The Morgan fingerprint density at radius 2 is 1.79 bits per heavy atom. The zero-order valence-electron chi connectivity index (χ0n) is 17.9. The predicted molar refractivity (Wildman–Crippen MR) is 128 cm³/mol. The fourth-order valence-corrected chi connectivity index (χ4v) is 4.43. The lowest BCUT2D eigenvalue weighted by Gasteiger charge is -2.31. The number of rotatable bonds is 5. The number of likely N-dealkylation sites (tertiary alicyclic amines) is 1. The van der Waals surface area contributed by atoms with Crippen LogP contribution in [0.3, 0.4) is 0 Å². The highest BCUT2D eigenvalue weighted by molar-refractivity contribution is 7.15. The van der Waals surface area contributed by atoms with Crippen molar-refractivity contribution in [3.8, 4) is 0 Å². The quantitative estimate of drug-likeness (QED) is 0.564. The Labute approximate surface area is 200 Å². The summed E-state index contributed by atoms with van der Waals surface area (Å²) in [6.45, 7) is 2.78. The highest BCUT2D eigenvalue weighted by atomic mass is 35.5. The van der Waals surface area contributed by atoms with Gasteiger partial charge in [-0.15, -0.1) is 10.2 Å². The van der Waals surface area contributed by atoms with Crippen LogP contribution < -0.4 is 10.6 Å². The monoisotopic (exact) mass is 483 g/mol. The van der Waals surface area contributed by atoms with Crippen LogP contribution in [0.2, 0.25) is 5.02 Å². The van der Waals surface area contributed by atoms with Crippen molar-refractivity contribution in [2.75, 3.05) is 23.7 Å². The molecule has 3 aromatic rings.